The van der Waals surface area contributed by atoms with Crippen LogP contribution in [0, 0.1) is 11.8 Å². The van der Waals surface area contributed by atoms with Crippen LogP contribution < -0.4 is 36.6 Å². The minimum absolute atomic E-state index is 0.0366. The van der Waals surface area contributed by atoms with Gasteiger partial charge in [0.05, 0.1) is 0 Å². The van der Waals surface area contributed by atoms with Crippen LogP contribution in [0.4, 0.5) is 9.59 Å². The lowest BCUT2D eigenvalue weighted by atomic mass is 9.99. The van der Waals surface area contributed by atoms with E-state index in [9.17, 15) is 38.4 Å². The maximum absolute atomic E-state index is 14.9. The van der Waals surface area contributed by atoms with E-state index in [0.29, 0.717) is 38.9 Å². The van der Waals surface area contributed by atoms with E-state index in [-0.39, 0.29) is 77.4 Å². The van der Waals surface area contributed by atoms with Crippen molar-refractivity contribution in [3.63, 3.8) is 0 Å². The van der Waals surface area contributed by atoms with Gasteiger partial charge in [0.1, 0.15) is 67.4 Å². The number of likely N-dealkylation sites (tertiary alicyclic amines) is 1. The van der Waals surface area contributed by atoms with Crippen molar-refractivity contribution in [2.24, 2.45) is 11.8 Å². The first kappa shape index (κ1) is 68.0. The Kier molecular flexibility index (Phi) is 26.3. The zero-order chi connectivity index (χ0) is 63.0. The fourth-order valence-corrected chi connectivity index (χ4v) is 10.1. The average molecular weight is 1240 g/mol. The van der Waals surface area contributed by atoms with Crippen LogP contribution in [0.15, 0.2) is 133 Å². The van der Waals surface area contributed by atoms with Crippen LogP contribution in [0.5, 0.6) is 5.75 Å². The fourth-order valence-electron chi connectivity index (χ4n) is 9.64. The highest BCUT2D eigenvalue weighted by Crippen LogP contribution is 2.27. The van der Waals surface area contributed by atoms with E-state index >= 15 is 0 Å². The summed E-state index contributed by atoms with van der Waals surface area (Å²) in [7, 11) is 0. The molecule has 0 bridgehead atoms. The Morgan fingerprint density at radius 2 is 1.13 bits per heavy atom. The van der Waals surface area contributed by atoms with Crippen molar-refractivity contribution in [3.05, 3.63) is 171 Å². The third kappa shape index (κ3) is 22.6. The fraction of sp³-hybridized carbons (Fsp3) is 0.424. The summed E-state index contributed by atoms with van der Waals surface area (Å²) in [6.07, 6.45) is -0.365. The molecule has 6 N–H and O–H groups in total. The first-order valence-corrected chi connectivity index (χ1v) is 30.1. The van der Waals surface area contributed by atoms with Gasteiger partial charge in [-0.15, -0.1) is 0 Å². The number of hydrogen-bond donors (Lipinski definition) is 6. The zero-order valence-corrected chi connectivity index (χ0v) is 51.9. The SMILES string of the molecule is CC(C)C[C@H](NC(=O)OC(C)(C)C)C(=O)N[C@H](Cc1ccccc1)C(=O)N1CCC[C@H]1C(=O)N[C@H](Cc1ccc(OCc2c(Cl)cccc2Cl)cc1)C(=O)N[C@H](C(=O)N[C@@H](CCCNC(=O)OCc1ccccc1)C(=O)OCc1ccccc1)C(C)C. The molecule has 1 fully saturated rings. The molecule has 5 aromatic carbocycles. The number of carbonyl (C=O) groups excluding carboxylic acids is 8. The standard InChI is InChI=1S/C66H81Cl2N7O12/c1-42(2)36-53(73-65(83)87-66(5,6)7)58(76)72-55(38-44-20-11-8-12-21-44)62(80)75-35-19-29-56(75)60(78)71-54(37-45-30-32-48(33-31-45)84-41-49-50(67)26-17-27-51(49)68)59(77)74-57(43(3)4)61(79)70-52(63(81)85-39-46-22-13-9-14-23-46)28-18-34-69-64(82)86-40-47-24-15-10-16-25-47/h8-17,20-27,30-33,42-43,52-57H,18-19,28-29,34-41H2,1-7H3,(H,69,82)(H,70,79)(H,71,78)(H,72,76)(H,73,83)(H,74,77)/t52-,53-,54+,55+,56-,57-/m0/s1. The summed E-state index contributed by atoms with van der Waals surface area (Å²) in [6.45, 7) is 12.6. The third-order valence-electron chi connectivity index (χ3n) is 14.1. The summed E-state index contributed by atoms with van der Waals surface area (Å²) in [5.41, 5.74) is 2.58. The number of benzene rings is 5. The maximum atomic E-state index is 14.9. The van der Waals surface area contributed by atoms with E-state index in [4.69, 9.17) is 42.1 Å². The first-order valence-electron chi connectivity index (χ1n) is 29.4. The van der Waals surface area contributed by atoms with E-state index in [1.54, 1.807) is 113 Å². The van der Waals surface area contributed by atoms with Gasteiger partial charge >= 0.3 is 18.2 Å². The quantitative estimate of drug-likeness (QED) is 0.0149. The smallest absolute Gasteiger partial charge is 0.408 e. The topological polar surface area (TPSA) is 249 Å². The van der Waals surface area contributed by atoms with Crippen molar-refractivity contribution in [1.82, 2.24) is 36.8 Å². The van der Waals surface area contributed by atoms with Gasteiger partial charge in [0, 0.05) is 41.5 Å². The molecule has 1 aliphatic heterocycles. The first-order chi connectivity index (χ1) is 41.5. The predicted molar refractivity (Wildman–Crippen MR) is 331 cm³/mol. The summed E-state index contributed by atoms with van der Waals surface area (Å²) in [5.74, 6) is -4.16. The maximum Gasteiger partial charge on any atom is 0.408 e. The molecule has 1 saturated heterocycles. The number of esters is 1. The van der Waals surface area contributed by atoms with Crippen LogP contribution >= 0.6 is 23.2 Å². The number of nitrogens with one attached hydrogen (secondary N) is 6. The average Bonchev–Trinajstić information content (AvgIpc) is 3.76. The number of hydrogen-bond acceptors (Lipinski definition) is 12. The lowest BCUT2D eigenvalue weighted by Crippen LogP contribution is -2.60. The number of alkyl carbamates (subject to hydrolysis) is 2. The van der Waals surface area contributed by atoms with E-state index in [1.165, 1.54) is 4.90 Å². The van der Waals surface area contributed by atoms with Crippen molar-refractivity contribution in [2.75, 3.05) is 13.1 Å². The van der Waals surface area contributed by atoms with Crippen LogP contribution in [-0.2, 0) is 75.6 Å². The molecule has 5 aromatic rings. The molecule has 87 heavy (non-hydrogen) atoms. The van der Waals surface area contributed by atoms with Crippen molar-refractivity contribution in [3.8, 4) is 5.75 Å². The van der Waals surface area contributed by atoms with Gasteiger partial charge in [0.2, 0.25) is 29.5 Å². The van der Waals surface area contributed by atoms with Crippen LogP contribution in [0.25, 0.3) is 0 Å². The Hall–Kier alpha value is -8.16. The van der Waals surface area contributed by atoms with Crippen molar-refractivity contribution in [1.29, 1.82) is 0 Å². The minimum atomic E-state index is -1.34. The molecule has 21 heteroatoms. The number of carbonyl (C=O) groups is 8. The van der Waals surface area contributed by atoms with E-state index in [1.807, 2.05) is 68.4 Å². The number of ether oxygens (including phenoxy) is 4. The second kappa shape index (κ2) is 33.7. The number of amides is 7. The van der Waals surface area contributed by atoms with Crippen LogP contribution in [0.2, 0.25) is 10.0 Å². The molecule has 466 valence electrons. The monoisotopic (exact) mass is 1230 g/mol. The van der Waals surface area contributed by atoms with Gasteiger partial charge in [0.15, 0.2) is 0 Å². The van der Waals surface area contributed by atoms with Crippen LogP contribution in [-0.4, -0.2) is 108 Å². The number of rotatable bonds is 29. The Morgan fingerprint density at radius 1 is 0.575 bits per heavy atom. The molecule has 0 saturated carbocycles. The van der Waals surface area contributed by atoms with Crippen molar-refractivity contribution < 1.29 is 57.3 Å². The van der Waals surface area contributed by atoms with Crippen LogP contribution in [0.1, 0.15) is 108 Å². The summed E-state index contributed by atoms with van der Waals surface area (Å²) >= 11 is 12.8. The molecule has 6 rings (SSSR count). The predicted octanol–water partition coefficient (Wildman–Crippen LogP) is 9.33. The van der Waals surface area contributed by atoms with Gasteiger partial charge in [-0.25, -0.2) is 14.4 Å². The van der Waals surface area contributed by atoms with Crippen molar-refractivity contribution in [2.45, 2.75) is 155 Å². The Morgan fingerprint density at radius 3 is 1.71 bits per heavy atom. The second-order valence-electron chi connectivity index (χ2n) is 23.2. The molecule has 0 spiro atoms. The third-order valence-corrected chi connectivity index (χ3v) is 14.8. The van der Waals surface area contributed by atoms with E-state index in [0.717, 1.165) is 11.1 Å². The van der Waals surface area contributed by atoms with Gasteiger partial charge in [-0.05, 0) is 111 Å². The second-order valence-corrected chi connectivity index (χ2v) is 24.0. The molecule has 1 aliphatic rings. The molecular weight excluding hydrogens is 1150 g/mol. The van der Waals surface area contributed by atoms with Crippen LogP contribution in [0.3, 0.4) is 0 Å². The molecule has 0 aliphatic carbocycles. The molecule has 19 nitrogen and oxygen atoms in total. The van der Waals surface area contributed by atoms with Gasteiger partial charge in [-0.3, -0.25) is 24.0 Å². The lowest BCUT2D eigenvalue weighted by Gasteiger charge is -2.31. The zero-order valence-electron chi connectivity index (χ0n) is 50.4. The Bertz CT molecular complexity index is 3060. The molecule has 1 heterocycles. The highest BCUT2D eigenvalue weighted by atomic mass is 35.5. The molecule has 0 radical (unpaired) electrons. The minimum Gasteiger partial charge on any atom is -0.489 e. The van der Waals surface area contributed by atoms with Gasteiger partial charge in [-0.1, -0.05) is 160 Å². The summed E-state index contributed by atoms with van der Waals surface area (Å²) in [5, 5.41) is 17.7. The summed E-state index contributed by atoms with van der Waals surface area (Å²) < 4.78 is 22.5. The summed E-state index contributed by atoms with van der Waals surface area (Å²) in [4.78, 5) is 114. The number of halogens is 2. The normalized spacial score (nSPS) is 14.7. The molecular formula is C66H81Cl2N7O12. The Balaban J connectivity index is 1.22. The van der Waals surface area contributed by atoms with E-state index in [2.05, 4.69) is 31.9 Å². The molecule has 0 aromatic heterocycles. The largest absolute Gasteiger partial charge is 0.489 e. The van der Waals surface area contributed by atoms with Gasteiger partial charge in [-0.2, -0.15) is 0 Å². The van der Waals surface area contributed by atoms with Gasteiger partial charge < -0.3 is 55.7 Å². The highest BCUT2D eigenvalue weighted by molar-refractivity contribution is 6.36. The summed E-state index contributed by atoms with van der Waals surface area (Å²) in [6, 6.07) is 32.1. The number of nitrogens with zero attached hydrogens (tertiary/aromatic N) is 1. The molecule has 7 amide bonds. The highest BCUT2D eigenvalue weighted by Gasteiger charge is 2.41. The molecule has 6 atom stereocenters. The van der Waals surface area contributed by atoms with Crippen molar-refractivity contribution >= 4 is 70.9 Å². The lowest BCUT2D eigenvalue weighted by molar-refractivity contribution is -0.149. The Labute approximate surface area is 519 Å². The van der Waals surface area contributed by atoms with Gasteiger partial charge in [0.25, 0.3) is 0 Å². The van der Waals surface area contributed by atoms with E-state index < -0.39 is 95.5 Å². The molecule has 0 unspecified atom stereocenters.